The van der Waals surface area contributed by atoms with Gasteiger partial charge in [-0.05, 0) is 92.9 Å². The molecule has 178 valence electrons. The first-order valence-corrected chi connectivity index (χ1v) is 12.4. The maximum Gasteiger partial charge on any atom is 0.266 e. The van der Waals surface area contributed by atoms with Gasteiger partial charge in [0, 0.05) is 11.4 Å². The summed E-state index contributed by atoms with van der Waals surface area (Å²) in [5.74, 6) is -0.539. The van der Waals surface area contributed by atoms with Gasteiger partial charge in [-0.1, -0.05) is 40.9 Å². The van der Waals surface area contributed by atoms with E-state index in [2.05, 4.69) is 42.5 Å². The number of aryl methyl sites for hydroxylation is 1. The molecule has 0 aromatic heterocycles. The van der Waals surface area contributed by atoms with Crippen molar-refractivity contribution in [2.75, 3.05) is 17.2 Å². The minimum atomic E-state index is -0.525. The highest BCUT2D eigenvalue weighted by atomic mass is 79.9. The van der Waals surface area contributed by atoms with E-state index in [1.807, 2.05) is 25.1 Å². The lowest BCUT2D eigenvalue weighted by Gasteiger charge is -2.12. The molecule has 3 aromatic rings. The highest BCUT2D eigenvalue weighted by molar-refractivity contribution is 9.11. The van der Waals surface area contributed by atoms with Crippen LogP contribution in [0.15, 0.2) is 69.1 Å². The van der Waals surface area contributed by atoms with Crippen molar-refractivity contribution in [2.45, 2.75) is 6.92 Å². The highest BCUT2D eigenvalue weighted by Gasteiger charge is 2.14. The van der Waals surface area contributed by atoms with Gasteiger partial charge in [0.15, 0.2) is 6.61 Å². The average Bonchev–Trinajstić information content (AvgIpc) is 2.80. The van der Waals surface area contributed by atoms with E-state index in [0.29, 0.717) is 41.7 Å². The Balaban J connectivity index is 1.68. The Hall–Kier alpha value is -2.83. The van der Waals surface area contributed by atoms with Crippen LogP contribution in [0.1, 0.15) is 11.1 Å². The summed E-state index contributed by atoms with van der Waals surface area (Å²) in [6, 6.07) is 17.3. The van der Waals surface area contributed by atoms with Crippen LogP contribution in [0.5, 0.6) is 5.75 Å². The molecule has 3 rings (SSSR count). The Morgan fingerprint density at radius 2 is 1.60 bits per heavy atom. The van der Waals surface area contributed by atoms with Crippen LogP contribution < -0.4 is 15.4 Å². The first-order chi connectivity index (χ1) is 16.7. The number of nitriles is 1. The zero-order valence-electron chi connectivity index (χ0n) is 18.2. The van der Waals surface area contributed by atoms with Crippen molar-refractivity contribution in [3.63, 3.8) is 0 Å². The molecule has 6 nitrogen and oxygen atoms in total. The summed E-state index contributed by atoms with van der Waals surface area (Å²) in [6.45, 7) is 1.67. The van der Waals surface area contributed by atoms with Crippen molar-refractivity contribution < 1.29 is 14.3 Å². The van der Waals surface area contributed by atoms with Gasteiger partial charge < -0.3 is 15.4 Å². The smallest absolute Gasteiger partial charge is 0.266 e. The number of carbonyl (C=O) groups is 2. The summed E-state index contributed by atoms with van der Waals surface area (Å²) in [4.78, 5) is 24.8. The number of benzene rings is 3. The number of ether oxygens (including phenoxy) is 1. The monoisotopic (exact) mass is 635 g/mol. The van der Waals surface area contributed by atoms with Crippen molar-refractivity contribution in [1.82, 2.24) is 0 Å². The second-order valence-corrected chi connectivity index (χ2v) is 9.79. The number of rotatable bonds is 7. The molecule has 0 aliphatic heterocycles. The Morgan fingerprint density at radius 1 is 0.971 bits per heavy atom. The molecule has 0 aliphatic carbocycles. The standard InChI is InChI=1S/C25H17Br2Cl2N3O3/c1-14-2-4-17(5-3-14)32-25(34)16(12-30)8-15-9-19(26)24(20(27)10-15)35-13-23(33)31-18-6-7-21(28)22(29)11-18/h2-11H,13H2,1H3,(H,31,33)(H,32,34)/b16-8-. The van der Waals surface area contributed by atoms with Crippen molar-refractivity contribution in [3.05, 3.63) is 90.3 Å². The lowest BCUT2D eigenvalue weighted by Crippen LogP contribution is -2.20. The van der Waals surface area contributed by atoms with E-state index in [4.69, 9.17) is 27.9 Å². The zero-order valence-corrected chi connectivity index (χ0v) is 22.8. The van der Waals surface area contributed by atoms with Gasteiger partial charge in [0.1, 0.15) is 17.4 Å². The van der Waals surface area contributed by atoms with Crippen LogP contribution in [0.4, 0.5) is 11.4 Å². The molecule has 0 bridgehead atoms. The Morgan fingerprint density at radius 3 is 2.20 bits per heavy atom. The molecule has 2 N–H and O–H groups in total. The fourth-order valence-electron chi connectivity index (χ4n) is 2.86. The van der Waals surface area contributed by atoms with E-state index in [9.17, 15) is 14.9 Å². The van der Waals surface area contributed by atoms with Crippen LogP contribution in [-0.2, 0) is 9.59 Å². The SMILES string of the molecule is Cc1ccc(NC(=O)/C(C#N)=C\c2cc(Br)c(OCC(=O)Nc3ccc(Cl)c(Cl)c3)c(Br)c2)cc1. The molecule has 35 heavy (non-hydrogen) atoms. The molecule has 0 aliphatic rings. The van der Waals surface area contributed by atoms with Crippen molar-refractivity contribution in [3.8, 4) is 11.8 Å². The van der Waals surface area contributed by atoms with Gasteiger partial charge in [0.25, 0.3) is 11.8 Å². The van der Waals surface area contributed by atoms with E-state index in [-0.39, 0.29) is 12.2 Å². The maximum absolute atomic E-state index is 12.5. The van der Waals surface area contributed by atoms with Crippen LogP contribution in [0, 0.1) is 18.3 Å². The van der Waals surface area contributed by atoms with Gasteiger partial charge in [-0.25, -0.2) is 0 Å². The van der Waals surface area contributed by atoms with Crippen LogP contribution in [0.3, 0.4) is 0 Å². The van der Waals surface area contributed by atoms with Crippen molar-refractivity contribution in [1.29, 1.82) is 5.26 Å². The third-order valence-electron chi connectivity index (χ3n) is 4.56. The molecule has 0 spiro atoms. The molecule has 0 atom stereocenters. The Labute approximate surface area is 229 Å². The van der Waals surface area contributed by atoms with Crippen LogP contribution >= 0.6 is 55.1 Å². The second-order valence-electron chi connectivity index (χ2n) is 7.27. The molecule has 0 heterocycles. The largest absolute Gasteiger partial charge is 0.481 e. The number of nitrogens with zero attached hydrogens (tertiary/aromatic N) is 1. The van der Waals surface area contributed by atoms with Crippen LogP contribution in [-0.4, -0.2) is 18.4 Å². The first kappa shape index (κ1) is 26.8. The van der Waals surface area contributed by atoms with E-state index in [1.165, 1.54) is 12.1 Å². The first-order valence-electron chi connectivity index (χ1n) is 10.0. The van der Waals surface area contributed by atoms with E-state index >= 15 is 0 Å². The summed E-state index contributed by atoms with van der Waals surface area (Å²) in [5, 5.41) is 15.6. The fraction of sp³-hybridized carbons (Fsp3) is 0.0800. The second kappa shape index (κ2) is 12.2. The molecular formula is C25H17Br2Cl2N3O3. The van der Waals surface area contributed by atoms with E-state index in [1.54, 1.807) is 36.4 Å². The molecule has 0 fully saturated rings. The molecule has 0 unspecified atom stereocenters. The maximum atomic E-state index is 12.5. The molecule has 0 saturated carbocycles. The van der Waals surface area contributed by atoms with Crippen LogP contribution in [0.2, 0.25) is 10.0 Å². The summed E-state index contributed by atoms with van der Waals surface area (Å²) in [7, 11) is 0. The number of hydrogen-bond donors (Lipinski definition) is 2. The van der Waals surface area contributed by atoms with Crippen molar-refractivity contribution in [2.24, 2.45) is 0 Å². The highest BCUT2D eigenvalue weighted by Crippen LogP contribution is 2.35. The minimum Gasteiger partial charge on any atom is -0.481 e. The summed E-state index contributed by atoms with van der Waals surface area (Å²) >= 11 is 18.7. The van der Waals surface area contributed by atoms with Crippen molar-refractivity contribution >= 4 is 84.3 Å². The topological polar surface area (TPSA) is 91.2 Å². The number of anilines is 2. The molecule has 0 saturated heterocycles. The zero-order chi connectivity index (χ0) is 25.5. The summed E-state index contributed by atoms with van der Waals surface area (Å²) in [5.41, 5.74) is 2.64. The quantitative estimate of drug-likeness (QED) is 0.209. The molecule has 3 aromatic carbocycles. The van der Waals surface area contributed by atoms with Gasteiger partial charge in [0.05, 0.1) is 19.0 Å². The third-order valence-corrected chi connectivity index (χ3v) is 6.47. The van der Waals surface area contributed by atoms with Gasteiger partial charge in [-0.2, -0.15) is 5.26 Å². The third kappa shape index (κ3) is 7.58. The van der Waals surface area contributed by atoms with E-state index < -0.39 is 11.8 Å². The summed E-state index contributed by atoms with van der Waals surface area (Å²) in [6.07, 6.45) is 1.46. The average molecular weight is 638 g/mol. The van der Waals surface area contributed by atoms with Crippen LogP contribution in [0.25, 0.3) is 6.08 Å². The Kier molecular flexibility index (Phi) is 9.35. The normalized spacial score (nSPS) is 10.9. The number of nitrogens with one attached hydrogen (secondary N) is 2. The summed E-state index contributed by atoms with van der Waals surface area (Å²) < 4.78 is 6.70. The van der Waals surface area contributed by atoms with E-state index in [0.717, 1.165) is 5.56 Å². The molecule has 2 amide bonds. The molecule has 0 radical (unpaired) electrons. The molecular weight excluding hydrogens is 621 g/mol. The number of amides is 2. The number of carbonyl (C=O) groups excluding carboxylic acids is 2. The fourth-order valence-corrected chi connectivity index (χ4v) is 4.61. The lowest BCUT2D eigenvalue weighted by molar-refractivity contribution is -0.118. The van der Waals surface area contributed by atoms with Gasteiger partial charge >= 0.3 is 0 Å². The Bertz CT molecular complexity index is 1330. The van der Waals surface area contributed by atoms with Gasteiger partial charge in [-0.15, -0.1) is 0 Å². The lowest BCUT2D eigenvalue weighted by atomic mass is 10.1. The predicted molar refractivity (Wildman–Crippen MR) is 146 cm³/mol. The number of halogens is 4. The van der Waals surface area contributed by atoms with Gasteiger partial charge in [-0.3, -0.25) is 9.59 Å². The molecule has 10 heteroatoms. The number of hydrogen-bond acceptors (Lipinski definition) is 4. The predicted octanol–water partition coefficient (Wildman–Crippen LogP) is 7.39. The minimum absolute atomic E-state index is 0.0703. The van der Waals surface area contributed by atoms with Gasteiger partial charge in [0.2, 0.25) is 0 Å².